The highest BCUT2D eigenvalue weighted by Gasteiger charge is 2.22. The zero-order valence-corrected chi connectivity index (χ0v) is 16.2. The second-order valence-corrected chi connectivity index (χ2v) is 6.81. The minimum atomic E-state index is -0.409. The minimum absolute atomic E-state index is 0.0661. The Morgan fingerprint density at radius 3 is 2.07 bits per heavy atom. The van der Waals surface area contributed by atoms with E-state index >= 15 is 0 Å². The first-order valence-electron chi connectivity index (χ1n) is 9.24. The number of carbonyl (C=O) groups excluding carboxylic acids is 4. The molecule has 1 saturated heterocycles. The van der Waals surface area contributed by atoms with Crippen LogP contribution in [0.1, 0.15) is 37.0 Å². The molecule has 4 amide bonds. The smallest absolute Gasteiger partial charge is 0.255 e. The number of amides is 4. The van der Waals surface area contributed by atoms with Gasteiger partial charge >= 0.3 is 0 Å². The lowest BCUT2D eigenvalue weighted by atomic mass is 10.1. The van der Waals surface area contributed by atoms with Crippen molar-refractivity contribution in [1.82, 2.24) is 0 Å². The van der Waals surface area contributed by atoms with E-state index in [4.69, 9.17) is 0 Å². The van der Waals surface area contributed by atoms with Crippen LogP contribution >= 0.6 is 0 Å². The van der Waals surface area contributed by atoms with Crippen molar-refractivity contribution in [3.63, 3.8) is 0 Å². The normalized spacial score (nSPS) is 13.2. The summed E-state index contributed by atoms with van der Waals surface area (Å²) in [6, 6.07) is 11.7. The minimum Gasteiger partial charge on any atom is -0.326 e. The van der Waals surface area contributed by atoms with Gasteiger partial charge in [-0.15, -0.1) is 0 Å². The van der Waals surface area contributed by atoms with Gasteiger partial charge in [0, 0.05) is 55.1 Å². The number of rotatable bonds is 5. The van der Waals surface area contributed by atoms with Crippen LogP contribution in [0.3, 0.4) is 0 Å². The monoisotopic (exact) mass is 394 g/mol. The highest BCUT2D eigenvalue weighted by atomic mass is 16.2. The summed E-state index contributed by atoms with van der Waals surface area (Å²) in [5, 5.41) is 8.02. The molecule has 1 fully saturated rings. The molecule has 0 aliphatic carbocycles. The van der Waals surface area contributed by atoms with E-state index in [1.807, 2.05) is 6.07 Å². The Labute approximate surface area is 168 Å². The number of nitrogens with one attached hydrogen (secondary N) is 3. The van der Waals surface area contributed by atoms with Crippen molar-refractivity contribution in [3.8, 4) is 0 Å². The van der Waals surface area contributed by atoms with Crippen LogP contribution in [0.2, 0.25) is 0 Å². The van der Waals surface area contributed by atoms with E-state index in [2.05, 4.69) is 16.0 Å². The number of hydrogen-bond acceptors (Lipinski definition) is 4. The standard InChI is InChI=1S/C21H22N4O4/c1-13(26)22-17-9-15(10-18(11-17)23-14(2)27)21(29)24-16-5-3-6-19(12-16)25-8-4-7-20(25)28/h3,5-6,9-12H,4,7-8H2,1-2H3,(H,22,26)(H,23,27)(H,24,29). The van der Waals surface area contributed by atoms with Crippen LogP contribution in [-0.4, -0.2) is 30.2 Å². The molecule has 3 rings (SSSR count). The van der Waals surface area contributed by atoms with E-state index in [0.717, 1.165) is 12.1 Å². The molecule has 1 heterocycles. The Bertz CT molecular complexity index is 952. The number of benzene rings is 2. The maximum absolute atomic E-state index is 12.8. The first kappa shape index (κ1) is 20.1. The summed E-state index contributed by atoms with van der Waals surface area (Å²) in [4.78, 5) is 49.2. The molecular weight excluding hydrogens is 372 g/mol. The maximum Gasteiger partial charge on any atom is 0.255 e. The number of carbonyl (C=O) groups is 4. The largest absolute Gasteiger partial charge is 0.326 e. The van der Waals surface area contributed by atoms with E-state index < -0.39 is 5.91 Å². The van der Waals surface area contributed by atoms with Crippen LogP contribution in [0.25, 0.3) is 0 Å². The van der Waals surface area contributed by atoms with Gasteiger partial charge in [0.2, 0.25) is 17.7 Å². The van der Waals surface area contributed by atoms with E-state index in [0.29, 0.717) is 30.0 Å². The van der Waals surface area contributed by atoms with E-state index in [-0.39, 0.29) is 23.3 Å². The van der Waals surface area contributed by atoms with Gasteiger partial charge in [-0.3, -0.25) is 19.2 Å². The second kappa shape index (κ2) is 8.55. The predicted molar refractivity (Wildman–Crippen MR) is 111 cm³/mol. The topological polar surface area (TPSA) is 108 Å². The first-order valence-corrected chi connectivity index (χ1v) is 9.24. The van der Waals surface area contributed by atoms with Gasteiger partial charge in [-0.05, 0) is 42.8 Å². The molecule has 2 aromatic carbocycles. The molecule has 8 nitrogen and oxygen atoms in total. The number of anilines is 4. The molecule has 0 atom stereocenters. The summed E-state index contributed by atoms with van der Waals surface area (Å²) in [5.74, 6) is -0.927. The SMILES string of the molecule is CC(=O)Nc1cc(NC(C)=O)cc(C(=O)Nc2cccc(N3CCCC3=O)c2)c1. The van der Waals surface area contributed by atoms with Gasteiger partial charge in [0.15, 0.2) is 0 Å². The zero-order chi connectivity index (χ0) is 21.0. The van der Waals surface area contributed by atoms with Crippen LogP contribution in [0.15, 0.2) is 42.5 Å². The van der Waals surface area contributed by atoms with Crippen molar-refractivity contribution < 1.29 is 19.2 Å². The van der Waals surface area contributed by atoms with Crippen molar-refractivity contribution >= 4 is 46.4 Å². The Balaban J connectivity index is 1.83. The fraction of sp³-hybridized carbons (Fsp3) is 0.238. The average Bonchev–Trinajstić information content (AvgIpc) is 3.06. The molecule has 1 aliphatic heterocycles. The quantitative estimate of drug-likeness (QED) is 0.724. The average molecular weight is 394 g/mol. The van der Waals surface area contributed by atoms with Gasteiger partial charge in [-0.2, -0.15) is 0 Å². The van der Waals surface area contributed by atoms with Gasteiger partial charge in [0.05, 0.1) is 0 Å². The van der Waals surface area contributed by atoms with Crippen LogP contribution in [0, 0.1) is 0 Å². The zero-order valence-electron chi connectivity index (χ0n) is 16.2. The first-order chi connectivity index (χ1) is 13.8. The Kier molecular flexibility index (Phi) is 5.92. The van der Waals surface area contributed by atoms with Gasteiger partial charge in [0.1, 0.15) is 0 Å². The van der Waals surface area contributed by atoms with Crippen LogP contribution < -0.4 is 20.9 Å². The summed E-state index contributed by atoms with van der Waals surface area (Å²) in [7, 11) is 0. The molecular formula is C21H22N4O4. The molecule has 1 aliphatic rings. The molecule has 0 radical (unpaired) electrons. The summed E-state index contributed by atoms with van der Waals surface area (Å²) >= 11 is 0. The lowest BCUT2D eigenvalue weighted by Crippen LogP contribution is -2.23. The Morgan fingerprint density at radius 2 is 1.52 bits per heavy atom. The molecule has 0 unspecified atom stereocenters. The molecule has 2 aromatic rings. The molecule has 150 valence electrons. The van der Waals surface area contributed by atoms with E-state index in [1.165, 1.54) is 26.0 Å². The van der Waals surface area contributed by atoms with Crippen LogP contribution in [-0.2, 0) is 14.4 Å². The summed E-state index contributed by atoms with van der Waals surface area (Å²) in [6.07, 6.45) is 1.34. The molecule has 29 heavy (non-hydrogen) atoms. The van der Waals surface area contributed by atoms with Gasteiger partial charge < -0.3 is 20.9 Å². The van der Waals surface area contributed by atoms with E-state index in [9.17, 15) is 19.2 Å². The molecule has 0 spiro atoms. The highest BCUT2D eigenvalue weighted by Crippen LogP contribution is 2.25. The van der Waals surface area contributed by atoms with Gasteiger partial charge in [0.25, 0.3) is 5.91 Å². The number of hydrogen-bond donors (Lipinski definition) is 3. The third-order valence-corrected chi connectivity index (χ3v) is 4.33. The fourth-order valence-electron chi connectivity index (χ4n) is 3.19. The van der Waals surface area contributed by atoms with Crippen LogP contribution in [0.5, 0.6) is 0 Å². The molecule has 3 N–H and O–H groups in total. The lowest BCUT2D eigenvalue weighted by molar-refractivity contribution is -0.117. The molecule has 0 aromatic heterocycles. The molecule has 0 saturated carbocycles. The van der Waals surface area contributed by atoms with Gasteiger partial charge in [-0.25, -0.2) is 0 Å². The van der Waals surface area contributed by atoms with Crippen LogP contribution in [0.4, 0.5) is 22.7 Å². The second-order valence-electron chi connectivity index (χ2n) is 6.81. The fourth-order valence-corrected chi connectivity index (χ4v) is 3.19. The summed E-state index contributed by atoms with van der Waals surface area (Å²) in [6.45, 7) is 3.38. The van der Waals surface area contributed by atoms with Crippen molar-refractivity contribution in [3.05, 3.63) is 48.0 Å². The van der Waals surface area contributed by atoms with Crippen molar-refractivity contribution in [2.75, 3.05) is 27.4 Å². The van der Waals surface area contributed by atoms with Crippen molar-refractivity contribution in [2.45, 2.75) is 26.7 Å². The van der Waals surface area contributed by atoms with E-state index in [1.54, 1.807) is 29.2 Å². The van der Waals surface area contributed by atoms with Gasteiger partial charge in [-0.1, -0.05) is 6.07 Å². The highest BCUT2D eigenvalue weighted by molar-refractivity contribution is 6.07. The predicted octanol–water partition coefficient (Wildman–Crippen LogP) is 2.98. The molecule has 8 heteroatoms. The Morgan fingerprint density at radius 1 is 0.862 bits per heavy atom. The lowest BCUT2D eigenvalue weighted by Gasteiger charge is -2.17. The maximum atomic E-state index is 12.8. The summed E-state index contributed by atoms with van der Waals surface area (Å²) in [5.41, 5.74) is 2.33. The summed E-state index contributed by atoms with van der Waals surface area (Å²) < 4.78 is 0. The number of nitrogens with zero attached hydrogens (tertiary/aromatic N) is 1. The molecule has 0 bridgehead atoms. The third-order valence-electron chi connectivity index (χ3n) is 4.33. The third kappa shape index (κ3) is 5.19. The Hall–Kier alpha value is -3.68. The van der Waals surface area contributed by atoms with Crippen molar-refractivity contribution in [2.24, 2.45) is 0 Å². The van der Waals surface area contributed by atoms with Crippen molar-refractivity contribution in [1.29, 1.82) is 0 Å².